The number of sulfonamides is 1. The Hall–Kier alpha value is -2.42. The Morgan fingerprint density at radius 1 is 1.06 bits per heavy atom. The van der Waals surface area contributed by atoms with Crippen LogP contribution in [0.15, 0.2) is 53.4 Å². The van der Waals surface area contributed by atoms with E-state index in [2.05, 4.69) is 5.32 Å². The Labute approximate surface area is 184 Å². The average molecular weight is 447 g/mol. The summed E-state index contributed by atoms with van der Waals surface area (Å²) in [4.78, 5) is 12.9. The van der Waals surface area contributed by atoms with Crippen LogP contribution in [0.3, 0.4) is 0 Å². The maximum Gasteiger partial charge on any atom is 0.255 e. The van der Waals surface area contributed by atoms with Gasteiger partial charge in [0.15, 0.2) is 0 Å². The molecule has 0 unspecified atom stereocenters. The zero-order valence-electron chi connectivity index (χ0n) is 18.0. The van der Waals surface area contributed by atoms with E-state index < -0.39 is 10.0 Å². The lowest BCUT2D eigenvalue weighted by Crippen LogP contribution is -2.38. The molecule has 7 nitrogen and oxygen atoms in total. The van der Waals surface area contributed by atoms with Crippen molar-refractivity contribution in [2.24, 2.45) is 0 Å². The summed E-state index contributed by atoms with van der Waals surface area (Å²) >= 11 is 0. The van der Waals surface area contributed by atoms with Crippen molar-refractivity contribution in [3.05, 3.63) is 54.1 Å². The second kappa shape index (κ2) is 10.7. The second-order valence-electron chi connectivity index (χ2n) is 7.66. The lowest BCUT2D eigenvalue weighted by atomic mass is 9.96. The molecular formula is C23H30N2O5S. The maximum atomic E-state index is 13.1. The number of carbonyl (C=O) groups excluding carboxylic acids is 1. The van der Waals surface area contributed by atoms with Crippen LogP contribution in [-0.2, 0) is 14.8 Å². The van der Waals surface area contributed by atoms with Gasteiger partial charge in [-0.25, -0.2) is 8.42 Å². The van der Waals surface area contributed by atoms with Gasteiger partial charge in [0.25, 0.3) is 5.91 Å². The molecule has 1 N–H and O–H groups in total. The van der Waals surface area contributed by atoms with E-state index in [1.807, 2.05) is 0 Å². The summed E-state index contributed by atoms with van der Waals surface area (Å²) in [5.74, 6) is 0.228. The molecule has 1 saturated carbocycles. The summed E-state index contributed by atoms with van der Waals surface area (Å²) in [6.45, 7) is 0.871. The van der Waals surface area contributed by atoms with Crippen molar-refractivity contribution in [2.45, 2.75) is 43.0 Å². The van der Waals surface area contributed by atoms with Crippen molar-refractivity contribution >= 4 is 21.6 Å². The Morgan fingerprint density at radius 3 is 2.55 bits per heavy atom. The van der Waals surface area contributed by atoms with E-state index in [9.17, 15) is 13.2 Å². The van der Waals surface area contributed by atoms with Crippen molar-refractivity contribution in [3.63, 3.8) is 0 Å². The summed E-state index contributed by atoms with van der Waals surface area (Å²) < 4.78 is 38.2. The quantitative estimate of drug-likeness (QED) is 0.590. The van der Waals surface area contributed by atoms with E-state index in [1.54, 1.807) is 50.6 Å². The maximum absolute atomic E-state index is 13.1. The summed E-state index contributed by atoms with van der Waals surface area (Å²) in [6.07, 6.45) is 4.98. The standard InChI is InChI=1S/C23H30N2O5S/c1-25(20-10-4-3-5-11-20)31(27,28)22-13-6-8-18(16-22)23(26)24-19-9-7-12-21(17-19)30-15-14-29-2/h6-9,12-13,16-17,20H,3-5,10-11,14-15H2,1-2H3,(H,24,26). The van der Waals surface area contributed by atoms with Crippen LogP contribution in [0.25, 0.3) is 0 Å². The molecule has 2 aromatic rings. The van der Waals surface area contributed by atoms with Crippen LogP contribution in [-0.4, -0.2) is 52.0 Å². The fraction of sp³-hybridized carbons (Fsp3) is 0.435. The van der Waals surface area contributed by atoms with Crippen molar-refractivity contribution in [1.82, 2.24) is 4.31 Å². The predicted octanol–water partition coefficient (Wildman–Crippen LogP) is 3.92. The number of carbonyl (C=O) groups is 1. The van der Waals surface area contributed by atoms with E-state index >= 15 is 0 Å². The molecule has 1 amide bonds. The molecule has 0 aliphatic heterocycles. The number of nitrogens with one attached hydrogen (secondary N) is 1. The van der Waals surface area contributed by atoms with Crippen LogP contribution in [0.4, 0.5) is 5.69 Å². The molecule has 0 aromatic heterocycles. The van der Waals surface area contributed by atoms with Crippen LogP contribution in [0.1, 0.15) is 42.5 Å². The van der Waals surface area contributed by atoms with Crippen molar-refractivity contribution < 1.29 is 22.7 Å². The molecule has 0 heterocycles. The molecule has 0 atom stereocenters. The number of nitrogens with zero attached hydrogens (tertiary/aromatic N) is 1. The highest BCUT2D eigenvalue weighted by Crippen LogP contribution is 2.27. The first-order valence-electron chi connectivity index (χ1n) is 10.5. The zero-order valence-corrected chi connectivity index (χ0v) is 18.9. The highest BCUT2D eigenvalue weighted by atomic mass is 32.2. The molecule has 168 valence electrons. The smallest absolute Gasteiger partial charge is 0.255 e. The summed E-state index contributed by atoms with van der Waals surface area (Å²) in [7, 11) is -0.435. The van der Waals surface area contributed by atoms with Gasteiger partial charge in [0.1, 0.15) is 12.4 Å². The summed E-state index contributed by atoms with van der Waals surface area (Å²) in [5.41, 5.74) is 0.844. The minimum Gasteiger partial charge on any atom is -0.491 e. The molecule has 8 heteroatoms. The van der Waals surface area contributed by atoms with Crippen molar-refractivity contribution in [2.75, 3.05) is 32.7 Å². The average Bonchev–Trinajstić information content (AvgIpc) is 2.79. The van der Waals surface area contributed by atoms with E-state index in [0.717, 1.165) is 32.1 Å². The van der Waals surface area contributed by atoms with E-state index in [1.165, 1.54) is 16.4 Å². The monoisotopic (exact) mass is 446 g/mol. The fourth-order valence-corrected chi connectivity index (χ4v) is 5.18. The first-order valence-corrected chi connectivity index (χ1v) is 12.0. The topological polar surface area (TPSA) is 84.9 Å². The summed E-state index contributed by atoms with van der Waals surface area (Å²) in [5, 5.41) is 2.80. The van der Waals surface area contributed by atoms with E-state index in [4.69, 9.17) is 9.47 Å². The van der Waals surface area contributed by atoms with Gasteiger partial charge in [-0.1, -0.05) is 31.4 Å². The Kier molecular flexibility index (Phi) is 8.06. The molecule has 0 radical (unpaired) electrons. The second-order valence-corrected chi connectivity index (χ2v) is 9.66. The van der Waals surface area contributed by atoms with Gasteiger partial charge in [0.05, 0.1) is 11.5 Å². The van der Waals surface area contributed by atoms with Gasteiger partial charge >= 0.3 is 0 Å². The van der Waals surface area contributed by atoms with E-state index in [-0.39, 0.29) is 22.4 Å². The van der Waals surface area contributed by atoms with Crippen molar-refractivity contribution in [1.29, 1.82) is 0 Å². The normalized spacial score (nSPS) is 15.1. The molecule has 31 heavy (non-hydrogen) atoms. The Balaban J connectivity index is 1.72. The molecule has 1 aliphatic carbocycles. The third kappa shape index (κ3) is 6.06. The van der Waals surface area contributed by atoms with E-state index in [0.29, 0.717) is 24.7 Å². The third-order valence-corrected chi connectivity index (χ3v) is 7.42. The number of methoxy groups -OCH3 is 1. The number of ether oxygens (including phenoxy) is 2. The molecule has 1 aliphatic rings. The minimum atomic E-state index is -3.67. The SMILES string of the molecule is COCCOc1cccc(NC(=O)c2cccc(S(=O)(=O)N(C)C3CCCCC3)c2)c1. The molecule has 3 rings (SSSR count). The van der Waals surface area contributed by atoms with Gasteiger partial charge in [-0.3, -0.25) is 4.79 Å². The largest absolute Gasteiger partial charge is 0.491 e. The van der Waals surface area contributed by atoms with Gasteiger partial charge in [-0.15, -0.1) is 0 Å². The first kappa shape index (κ1) is 23.2. The number of rotatable bonds is 9. The van der Waals surface area contributed by atoms with Crippen LogP contribution in [0, 0.1) is 0 Å². The van der Waals surface area contributed by atoms with Gasteiger partial charge in [-0.05, 0) is 43.2 Å². The molecule has 0 saturated heterocycles. The molecule has 2 aromatic carbocycles. The molecule has 0 bridgehead atoms. The number of hydrogen-bond acceptors (Lipinski definition) is 5. The molecular weight excluding hydrogens is 416 g/mol. The summed E-state index contributed by atoms with van der Waals surface area (Å²) in [6, 6.07) is 13.2. The highest BCUT2D eigenvalue weighted by Gasteiger charge is 2.29. The lowest BCUT2D eigenvalue weighted by Gasteiger charge is -2.30. The van der Waals surface area contributed by atoms with Gasteiger partial charge in [-0.2, -0.15) is 4.31 Å². The molecule has 0 spiro atoms. The van der Waals surface area contributed by atoms with Gasteiger partial charge in [0, 0.05) is 37.5 Å². The minimum absolute atomic E-state index is 0.0112. The van der Waals surface area contributed by atoms with Crippen molar-refractivity contribution in [3.8, 4) is 5.75 Å². The van der Waals surface area contributed by atoms with Crippen LogP contribution >= 0.6 is 0 Å². The number of benzene rings is 2. The number of amides is 1. The third-order valence-electron chi connectivity index (χ3n) is 5.51. The fourth-order valence-electron chi connectivity index (χ4n) is 3.71. The first-order chi connectivity index (χ1) is 14.9. The zero-order chi connectivity index (χ0) is 22.3. The van der Waals surface area contributed by atoms with Gasteiger partial charge in [0.2, 0.25) is 10.0 Å². The van der Waals surface area contributed by atoms with Crippen LogP contribution < -0.4 is 10.1 Å². The number of hydrogen-bond donors (Lipinski definition) is 1. The molecule has 1 fully saturated rings. The highest BCUT2D eigenvalue weighted by molar-refractivity contribution is 7.89. The Bertz CT molecular complexity index is 987. The van der Waals surface area contributed by atoms with Crippen LogP contribution in [0.2, 0.25) is 0 Å². The van der Waals surface area contributed by atoms with Crippen LogP contribution in [0.5, 0.6) is 5.75 Å². The van der Waals surface area contributed by atoms with Gasteiger partial charge < -0.3 is 14.8 Å². The Morgan fingerprint density at radius 2 is 1.81 bits per heavy atom. The predicted molar refractivity (Wildman–Crippen MR) is 120 cm³/mol. The lowest BCUT2D eigenvalue weighted by molar-refractivity contribution is 0.102. The number of anilines is 1.